The minimum atomic E-state index is 0.214. The molecule has 1 aromatic carbocycles. The lowest BCUT2D eigenvalue weighted by Gasteiger charge is -2.32. The van der Waals surface area contributed by atoms with E-state index in [2.05, 4.69) is 4.90 Å². The van der Waals surface area contributed by atoms with Crippen LogP contribution in [0.25, 0.3) is 0 Å². The lowest BCUT2D eigenvalue weighted by molar-refractivity contribution is -0.133. The summed E-state index contributed by atoms with van der Waals surface area (Å²) >= 11 is 0. The Kier molecular flexibility index (Phi) is 4.83. The monoisotopic (exact) mass is 394 g/mol. The van der Waals surface area contributed by atoms with Gasteiger partial charge in [0, 0.05) is 32.0 Å². The van der Waals surface area contributed by atoms with Crippen LogP contribution in [0.2, 0.25) is 0 Å². The van der Waals surface area contributed by atoms with Gasteiger partial charge in [-0.05, 0) is 37.5 Å². The van der Waals surface area contributed by atoms with Crippen LogP contribution in [-0.4, -0.2) is 53.6 Å². The van der Waals surface area contributed by atoms with Crippen molar-refractivity contribution in [2.24, 2.45) is 5.92 Å². The summed E-state index contributed by atoms with van der Waals surface area (Å²) in [6, 6.07) is 7.95. The average Bonchev–Trinajstić information content (AvgIpc) is 3.59. The first-order chi connectivity index (χ1) is 14.2. The highest BCUT2D eigenvalue weighted by atomic mass is 16.5. The second-order valence-electron chi connectivity index (χ2n) is 8.06. The largest absolute Gasteiger partial charge is 0.438 e. The first kappa shape index (κ1) is 18.4. The van der Waals surface area contributed by atoms with Gasteiger partial charge < -0.3 is 19.3 Å². The van der Waals surface area contributed by atoms with E-state index in [1.807, 2.05) is 36.1 Å². The van der Waals surface area contributed by atoms with E-state index in [4.69, 9.17) is 19.4 Å². The molecule has 0 atom stereocenters. The van der Waals surface area contributed by atoms with Gasteiger partial charge >= 0.3 is 0 Å². The normalized spacial score (nSPS) is 19.1. The fraction of sp³-hybridized carbons (Fsp3) is 0.500. The van der Waals surface area contributed by atoms with Crippen molar-refractivity contribution >= 4 is 11.9 Å². The molecular weight excluding hydrogens is 368 g/mol. The third-order valence-electron chi connectivity index (χ3n) is 5.75. The van der Waals surface area contributed by atoms with E-state index in [9.17, 15) is 4.79 Å². The Bertz CT molecular complexity index is 922. The molecule has 7 heteroatoms. The van der Waals surface area contributed by atoms with E-state index in [1.165, 1.54) is 0 Å². The summed E-state index contributed by atoms with van der Waals surface area (Å²) in [7, 11) is 0. The van der Waals surface area contributed by atoms with Crippen LogP contribution in [0.3, 0.4) is 0 Å². The molecule has 29 heavy (non-hydrogen) atoms. The fourth-order valence-electron chi connectivity index (χ4n) is 3.93. The van der Waals surface area contributed by atoms with Crippen molar-refractivity contribution in [2.75, 3.05) is 37.7 Å². The first-order valence-corrected chi connectivity index (χ1v) is 10.4. The van der Waals surface area contributed by atoms with E-state index in [-0.39, 0.29) is 11.8 Å². The Morgan fingerprint density at radius 2 is 2.00 bits per heavy atom. The standard InChI is InChI=1S/C22H26N4O3/c1-15-3-2-4-17(13-15)29-20-18-14-26(21(27)16-5-6-16)8-7-19(18)23-22(24-20)25-9-11-28-12-10-25/h2-4,13,16H,5-12,14H2,1H3. The van der Waals surface area contributed by atoms with E-state index in [0.717, 1.165) is 54.9 Å². The molecule has 1 amide bonds. The zero-order valence-corrected chi connectivity index (χ0v) is 16.8. The van der Waals surface area contributed by atoms with Crippen molar-refractivity contribution in [3.8, 4) is 11.6 Å². The zero-order valence-electron chi connectivity index (χ0n) is 16.8. The van der Waals surface area contributed by atoms with Crippen molar-refractivity contribution < 1.29 is 14.3 Å². The highest BCUT2D eigenvalue weighted by molar-refractivity contribution is 5.81. The number of hydrogen-bond acceptors (Lipinski definition) is 6. The lowest BCUT2D eigenvalue weighted by Crippen LogP contribution is -2.40. The molecule has 1 saturated carbocycles. The molecule has 1 saturated heterocycles. The summed E-state index contributed by atoms with van der Waals surface area (Å²) < 4.78 is 11.7. The second kappa shape index (κ2) is 7.63. The van der Waals surface area contributed by atoms with E-state index < -0.39 is 0 Å². The van der Waals surface area contributed by atoms with Crippen molar-refractivity contribution in [2.45, 2.75) is 32.7 Å². The summed E-state index contributed by atoms with van der Waals surface area (Å²) in [5, 5.41) is 0. The van der Waals surface area contributed by atoms with Crippen LogP contribution in [0.15, 0.2) is 24.3 Å². The number of carbonyl (C=O) groups is 1. The third kappa shape index (κ3) is 3.92. The SMILES string of the molecule is Cc1cccc(Oc2nc(N3CCOCC3)nc3c2CN(C(=O)C2CC2)CC3)c1. The zero-order chi connectivity index (χ0) is 19.8. The van der Waals surface area contributed by atoms with E-state index in [1.54, 1.807) is 0 Å². The number of benzene rings is 1. The molecule has 0 bridgehead atoms. The Labute approximate surface area is 170 Å². The average molecular weight is 394 g/mol. The van der Waals surface area contributed by atoms with Crippen molar-refractivity contribution in [1.29, 1.82) is 0 Å². The molecule has 2 fully saturated rings. The summed E-state index contributed by atoms with van der Waals surface area (Å²) in [4.78, 5) is 26.4. The lowest BCUT2D eigenvalue weighted by atomic mass is 10.1. The first-order valence-electron chi connectivity index (χ1n) is 10.4. The number of nitrogens with zero attached hydrogens (tertiary/aromatic N) is 4. The fourth-order valence-corrected chi connectivity index (χ4v) is 3.93. The van der Waals surface area contributed by atoms with Crippen LogP contribution in [-0.2, 0) is 22.5 Å². The molecule has 0 unspecified atom stereocenters. The van der Waals surface area contributed by atoms with Crippen molar-refractivity contribution in [3.05, 3.63) is 41.1 Å². The molecule has 3 heterocycles. The molecule has 3 aliphatic rings. The summed E-state index contributed by atoms with van der Waals surface area (Å²) in [5.41, 5.74) is 3.05. The van der Waals surface area contributed by atoms with Gasteiger partial charge in [0.15, 0.2) is 0 Å². The number of aromatic nitrogens is 2. The Morgan fingerprint density at radius 1 is 1.17 bits per heavy atom. The molecule has 1 aliphatic carbocycles. The van der Waals surface area contributed by atoms with Crippen LogP contribution in [0.5, 0.6) is 11.6 Å². The van der Waals surface area contributed by atoms with Crippen LogP contribution in [0.4, 0.5) is 5.95 Å². The van der Waals surface area contributed by atoms with Gasteiger partial charge in [0.1, 0.15) is 5.75 Å². The Morgan fingerprint density at radius 3 is 2.76 bits per heavy atom. The molecule has 0 radical (unpaired) electrons. The highest BCUT2D eigenvalue weighted by Gasteiger charge is 2.36. The van der Waals surface area contributed by atoms with Crippen LogP contribution in [0.1, 0.15) is 29.7 Å². The maximum absolute atomic E-state index is 12.6. The minimum absolute atomic E-state index is 0.214. The van der Waals surface area contributed by atoms with Crippen molar-refractivity contribution in [1.82, 2.24) is 14.9 Å². The molecule has 5 rings (SSSR count). The molecule has 0 N–H and O–H groups in total. The van der Waals surface area contributed by atoms with E-state index in [0.29, 0.717) is 38.1 Å². The topological polar surface area (TPSA) is 67.8 Å². The Hall–Kier alpha value is -2.67. The number of ether oxygens (including phenoxy) is 2. The number of amides is 1. The number of carbonyl (C=O) groups excluding carboxylic acids is 1. The maximum atomic E-state index is 12.6. The predicted molar refractivity (Wildman–Crippen MR) is 108 cm³/mol. The number of rotatable bonds is 4. The summed E-state index contributed by atoms with van der Waals surface area (Å²) in [6.45, 7) is 6.18. The van der Waals surface area contributed by atoms with Crippen LogP contribution < -0.4 is 9.64 Å². The number of aryl methyl sites for hydroxylation is 1. The Balaban J connectivity index is 1.49. The van der Waals surface area contributed by atoms with E-state index >= 15 is 0 Å². The predicted octanol–water partition coefficient (Wildman–Crippen LogP) is 2.71. The smallest absolute Gasteiger partial charge is 0.229 e. The molecule has 1 aromatic heterocycles. The molecule has 7 nitrogen and oxygen atoms in total. The van der Waals surface area contributed by atoms with Crippen LogP contribution >= 0.6 is 0 Å². The highest BCUT2D eigenvalue weighted by Crippen LogP contribution is 2.35. The van der Waals surface area contributed by atoms with Crippen molar-refractivity contribution in [3.63, 3.8) is 0 Å². The summed E-state index contributed by atoms with van der Waals surface area (Å²) in [5.74, 6) is 2.48. The van der Waals surface area contributed by atoms with Gasteiger partial charge in [-0.25, -0.2) is 4.98 Å². The van der Waals surface area contributed by atoms with Gasteiger partial charge in [0.05, 0.1) is 31.0 Å². The molecule has 2 aliphatic heterocycles. The van der Waals surface area contributed by atoms with Gasteiger partial charge in [-0.2, -0.15) is 4.98 Å². The summed E-state index contributed by atoms with van der Waals surface area (Å²) in [6.07, 6.45) is 2.76. The van der Waals surface area contributed by atoms with Gasteiger partial charge in [-0.15, -0.1) is 0 Å². The number of fused-ring (bicyclic) bond motifs is 1. The number of anilines is 1. The third-order valence-corrected chi connectivity index (χ3v) is 5.75. The number of morpholine rings is 1. The van der Waals surface area contributed by atoms with Gasteiger partial charge in [0.25, 0.3) is 0 Å². The number of hydrogen-bond donors (Lipinski definition) is 0. The minimum Gasteiger partial charge on any atom is -0.438 e. The van der Waals surface area contributed by atoms with Gasteiger partial charge in [-0.1, -0.05) is 12.1 Å². The van der Waals surface area contributed by atoms with Gasteiger partial charge in [0.2, 0.25) is 17.7 Å². The molecule has 2 aromatic rings. The maximum Gasteiger partial charge on any atom is 0.229 e. The molecule has 152 valence electrons. The van der Waals surface area contributed by atoms with Crippen LogP contribution in [0, 0.1) is 12.8 Å². The quantitative estimate of drug-likeness (QED) is 0.794. The molecular formula is C22H26N4O3. The molecule has 0 spiro atoms. The second-order valence-corrected chi connectivity index (χ2v) is 8.06. The van der Waals surface area contributed by atoms with Gasteiger partial charge in [-0.3, -0.25) is 4.79 Å².